The van der Waals surface area contributed by atoms with Gasteiger partial charge in [0.15, 0.2) is 12.2 Å². The van der Waals surface area contributed by atoms with Crippen molar-refractivity contribution in [1.29, 1.82) is 0 Å². The van der Waals surface area contributed by atoms with E-state index in [1.165, 1.54) is 64.2 Å². The fraction of sp³-hybridized carbons (Fsp3) is 0.923. The van der Waals surface area contributed by atoms with Crippen molar-refractivity contribution in [3.05, 3.63) is 0 Å². The van der Waals surface area contributed by atoms with Crippen molar-refractivity contribution in [3.8, 4) is 0 Å². The van der Waals surface area contributed by atoms with E-state index in [-0.39, 0.29) is 12.2 Å². The van der Waals surface area contributed by atoms with E-state index in [1.54, 1.807) is 13.8 Å². The highest BCUT2D eigenvalue weighted by Gasteiger charge is 2.34. The minimum Gasteiger partial charge on any atom is -0.461 e. The molecule has 2 N–H and O–H groups in total. The van der Waals surface area contributed by atoms with Gasteiger partial charge in [-0.15, -0.1) is 0 Å². The lowest BCUT2D eigenvalue weighted by molar-refractivity contribution is -0.178. The number of hydrogen-bond acceptors (Lipinski definition) is 6. The minimum absolute atomic E-state index is 0.368. The second-order valence-corrected chi connectivity index (χ2v) is 9.20. The highest BCUT2D eigenvalue weighted by Crippen LogP contribution is 2.14. The van der Waals surface area contributed by atoms with Crippen LogP contribution in [0.4, 0.5) is 0 Å². The van der Waals surface area contributed by atoms with E-state index in [0.717, 1.165) is 25.7 Å². The summed E-state index contributed by atoms with van der Waals surface area (Å²) in [4.78, 5) is 24.1. The molecular weight excluding hydrogens is 408 g/mol. The predicted molar refractivity (Wildman–Crippen MR) is 128 cm³/mol. The molecular formula is C26H50O6. The number of carbonyl (C=O) groups excluding carboxylic acids is 2. The molecule has 0 rings (SSSR count). The van der Waals surface area contributed by atoms with Gasteiger partial charge in [-0.2, -0.15) is 0 Å². The summed E-state index contributed by atoms with van der Waals surface area (Å²) in [6.07, 6.45) is 13.2. The molecule has 0 saturated heterocycles. The van der Waals surface area contributed by atoms with Crippen LogP contribution in [0.15, 0.2) is 0 Å². The van der Waals surface area contributed by atoms with Crippen molar-refractivity contribution in [2.75, 3.05) is 0 Å². The van der Waals surface area contributed by atoms with Gasteiger partial charge in [0.25, 0.3) is 0 Å². The van der Waals surface area contributed by atoms with Gasteiger partial charge in [0.05, 0.1) is 12.2 Å². The molecule has 6 nitrogen and oxygen atoms in total. The summed E-state index contributed by atoms with van der Waals surface area (Å²) in [6.45, 7) is 7.91. The topological polar surface area (TPSA) is 93.1 Å². The Balaban J connectivity index is 4.02. The highest BCUT2D eigenvalue weighted by molar-refractivity contribution is 5.85. The second-order valence-electron chi connectivity index (χ2n) is 9.20. The molecule has 0 aromatic heterocycles. The van der Waals surface area contributed by atoms with Crippen LogP contribution < -0.4 is 0 Å². The van der Waals surface area contributed by atoms with E-state index in [9.17, 15) is 19.8 Å². The van der Waals surface area contributed by atoms with Crippen LogP contribution in [0.1, 0.15) is 130 Å². The van der Waals surface area contributed by atoms with Crippen LogP contribution >= 0.6 is 0 Å². The zero-order valence-electron chi connectivity index (χ0n) is 21.2. The normalized spacial score (nSPS) is 15.1. The summed E-state index contributed by atoms with van der Waals surface area (Å²) >= 11 is 0. The molecule has 0 fully saturated rings. The maximum Gasteiger partial charge on any atom is 0.338 e. The number of aliphatic hydroxyl groups excluding tert-OH is 2. The van der Waals surface area contributed by atoms with Crippen LogP contribution in [-0.2, 0) is 19.1 Å². The van der Waals surface area contributed by atoms with E-state index >= 15 is 0 Å². The lowest BCUT2D eigenvalue weighted by atomic mass is 10.1. The number of esters is 2. The number of hydrogen-bond donors (Lipinski definition) is 2. The Labute approximate surface area is 196 Å². The van der Waals surface area contributed by atoms with Crippen molar-refractivity contribution >= 4 is 11.9 Å². The first-order chi connectivity index (χ1) is 15.3. The maximum absolute atomic E-state index is 12.1. The van der Waals surface area contributed by atoms with E-state index in [4.69, 9.17) is 9.47 Å². The Bertz CT molecular complexity index is 425. The summed E-state index contributed by atoms with van der Waals surface area (Å²) in [7, 11) is 0. The molecule has 6 heteroatoms. The summed E-state index contributed by atoms with van der Waals surface area (Å²) in [5.41, 5.74) is 0. The molecule has 0 aliphatic heterocycles. The average Bonchev–Trinajstić information content (AvgIpc) is 2.76. The van der Waals surface area contributed by atoms with Crippen molar-refractivity contribution in [2.24, 2.45) is 0 Å². The first kappa shape index (κ1) is 30.9. The molecule has 2 unspecified atom stereocenters. The molecule has 0 heterocycles. The van der Waals surface area contributed by atoms with Crippen LogP contribution in [0.5, 0.6) is 0 Å². The summed E-state index contributed by atoms with van der Waals surface area (Å²) in [5, 5.41) is 20.0. The van der Waals surface area contributed by atoms with Gasteiger partial charge in [-0.1, -0.05) is 90.9 Å². The van der Waals surface area contributed by atoms with Gasteiger partial charge in [-0.3, -0.25) is 0 Å². The Kier molecular flexibility index (Phi) is 19.7. The molecule has 4 atom stereocenters. The molecule has 0 aromatic carbocycles. The third kappa shape index (κ3) is 16.5. The third-order valence-electron chi connectivity index (χ3n) is 5.85. The molecule has 0 spiro atoms. The smallest absolute Gasteiger partial charge is 0.338 e. The van der Waals surface area contributed by atoms with Crippen molar-refractivity contribution < 1.29 is 29.3 Å². The SMILES string of the molecule is CCCCCCCCCC(C)OC(=O)[C@H](O)[C@@H](O)C(=O)OC(C)CCCCCCCCC. The molecule has 0 aliphatic carbocycles. The minimum atomic E-state index is -1.93. The fourth-order valence-corrected chi connectivity index (χ4v) is 3.69. The quantitative estimate of drug-likeness (QED) is 0.165. The number of unbranched alkanes of at least 4 members (excludes halogenated alkanes) is 12. The van der Waals surface area contributed by atoms with E-state index < -0.39 is 24.1 Å². The maximum atomic E-state index is 12.1. The Hall–Kier alpha value is -1.14. The molecule has 0 amide bonds. The monoisotopic (exact) mass is 458 g/mol. The molecule has 0 aliphatic rings. The molecule has 0 radical (unpaired) electrons. The van der Waals surface area contributed by atoms with E-state index in [2.05, 4.69) is 13.8 Å². The average molecular weight is 459 g/mol. The van der Waals surface area contributed by atoms with Gasteiger partial charge < -0.3 is 19.7 Å². The van der Waals surface area contributed by atoms with Crippen LogP contribution in [-0.4, -0.2) is 46.6 Å². The lowest BCUT2D eigenvalue weighted by Gasteiger charge is -2.20. The van der Waals surface area contributed by atoms with E-state index in [0.29, 0.717) is 12.8 Å². The van der Waals surface area contributed by atoms with Crippen molar-refractivity contribution in [1.82, 2.24) is 0 Å². The summed E-state index contributed by atoms with van der Waals surface area (Å²) < 4.78 is 10.4. The van der Waals surface area contributed by atoms with Gasteiger partial charge in [0.1, 0.15) is 0 Å². The number of aliphatic hydroxyl groups is 2. The standard InChI is InChI=1S/C26H50O6/c1-5-7-9-11-13-15-17-19-21(3)31-25(29)23(27)24(28)26(30)32-22(4)20-18-16-14-12-10-8-6-2/h21-24,27-28H,5-20H2,1-4H3/t21?,22?,23-,24-/m1/s1. The van der Waals surface area contributed by atoms with Gasteiger partial charge in [0, 0.05) is 0 Å². The van der Waals surface area contributed by atoms with E-state index in [1.807, 2.05) is 0 Å². The van der Waals surface area contributed by atoms with Gasteiger partial charge >= 0.3 is 11.9 Å². The largest absolute Gasteiger partial charge is 0.461 e. The van der Waals surface area contributed by atoms with Crippen molar-refractivity contribution in [3.63, 3.8) is 0 Å². The van der Waals surface area contributed by atoms with Gasteiger partial charge in [-0.25, -0.2) is 9.59 Å². The zero-order valence-corrected chi connectivity index (χ0v) is 21.2. The van der Waals surface area contributed by atoms with Gasteiger partial charge in [-0.05, 0) is 39.5 Å². The Morgan fingerprint density at radius 3 is 1.16 bits per heavy atom. The van der Waals surface area contributed by atoms with Crippen LogP contribution in [0.25, 0.3) is 0 Å². The number of ether oxygens (including phenoxy) is 2. The molecule has 0 bridgehead atoms. The Morgan fingerprint density at radius 1 is 0.562 bits per heavy atom. The highest BCUT2D eigenvalue weighted by atomic mass is 16.6. The molecule has 0 aromatic rings. The zero-order chi connectivity index (χ0) is 24.2. The van der Waals surface area contributed by atoms with Crippen molar-refractivity contribution in [2.45, 2.75) is 155 Å². The molecule has 32 heavy (non-hydrogen) atoms. The third-order valence-corrected chi connectivity index (χ3v) is 5.85. The fourth-order valence-electron chi connectivity index (χ4n) is 3.69. The first-order valence-corrected chi connectivity index (χ1v) is 13.1. The molecule has 190 valence electrons. The summed E-state index contributed by atoms with van der Waals surface area (Å²) in [6, 6.07) is 0. The second kappa shape index (κ2) is 20.5. The Morgan fingerprint density at radius 2 is 0.844 bits per heavy atom. The number of carbonyl (C=O) groups is 2. The number of rotatable bonds is 21. The van der Waals surface area contributed by atoms with Crippen LogP contribution in [0, 0.1) is 0 Å². The van der Waals surface area contributed by atoms with Crippen LogP contribution in [0.3, 0.4) is 0 Å². The molecule has 0 saturated carbocycles. The predicted octanol–water partition coefficient (Wildman–Crippen LogP) is 5.85. The summed E-state index contributed by atoms with van der Waals surface area (Å²) in [5.74, 6) is -1.96. The first-order valence-electron chi connectivity index (χ1n) is 13.1. The lowest BCUT2D eigenvalue weighted by Crippen LogP contribution is -2.43. The van der Waals surface area contributed by atoms with Gasteiger partial charge in [0.2, 0.25) is 0 Å². The van der Waals surface area contributed by atoms with Crippen LogP contribution in [0.2, 0.25) is 0 Å².